The van der Waals surface area contributed by atoms with Gasteiger partial charge in [-0.15, -0.1) is 0 Å². The number of anilines is 1. The molecular formula is C13H10ClF3N2O3S. The molecule has 0 unspecified atom stereocenters. The maximum absolute atomic E-state index is 13.2. The number of benzene rings is 1. The van der Waals surface area contributed by atoms with Crippen LogP contribution >= 0.6 is 10.7 Å². The van der Waals surface area contributed by atoms with Crippen molar-refractivity contribution in [3.63, 3.8) is 0 Å². The number of rotatable bonds is 4. The summed E-state index contributed by atoms with van der Waals surface area (Å²) in [6.07, 6.45) is -3.03. The zero-order valence-corrected chi connectivity index (χ0v) is 13.1. The van der Waals surface area contributed by atoms with Gasteiger partial charge < -0.3 is 10.3 Å². The lowest BCUT2D eigenvalue weighted by Gasteiger charge is -2.07. The molecule has 0 aliphatic carbocycles. The molecule has 0 aliphatic heterocycles. The Morgan fingerprint density at radius 3 is 2.48 bits per heavy atom. The van der Waals surface area contributed by atoms with E-state index in [1.807, 2.05) is 0 Å². The monoisotopic (exact) mass is 366 g/mol. The van der Waals surface area contributed by atoms with Gasteiger partial charge in [0.1, 0.15) is 16.4 Å². The molecule has 0 saturated carbocycles. The number of hydrogen-bond donors (Lipinski definition) is 2. The van der Waals surface area contributed by atoms with E-state index in [4.69, 9.17) is 10.7 Å². The molecule has 0 radical (unpaired) electrons. The first-order chi connectivity index (χ1) is 10.6. The summed E-state index contributed by atoms with van der Waals surface area (Å²) >= 11 is 0. The third kappa shape index (κ3) is 3.85. The largest absolute Gasteiger partial charge is 0.353 e. The smallest absolute Gasteiger partial charge is 0.272 e. The second-order valence-electron chi connectivity index (χ2n) is 4.60. The van der Waals surface area contributed by atoms with Gasteiger partial charge in [0, 0.05) is 22.1 Å². The molecule has 1 amide bonds. The number of aromatic amines is 1. The minimum absolute atomic E-state index is 0.0609. The van der Waals surface area contributed by atoms with Crippen molar-refractivity contribution in [2.45, 2.75) is 18.2 Å². The summed E-state index contributed by atoms with van der Waals surface area (Å²) in [7, 11) is 1.18. The molecule has 2 N–H and O–H groups in total. The number of aryl methyl sites for hydroxylation is 1. The van der Waals surface area contributed by atoms with Gasteiger partial charge in [0.25, 0.3) is 21.4 Å². The van der Waals surface area contributed by atoms with Crippen LogP contribution in [-0.2, 0) is 9.05 Å². The average molecular weight is 367 g/mol. The predicted molar refractivity (Wildman–Crippen MR) is 77.9 cm³/mol. The first-order valence-electron chi connectivity index (χ1n) is 6.13. The summed E-state index contributed by atoms with van der Waals surface area (Å²) in [4.78, 5) is 14.3. The summed E-state index contributed by atoms with van der Waals surface area (Å²) in [6, 6.07) is 3.72. The highest BCUT2D eigenvalue weighted by Gasteiger charge is 2.20. The second kappa shape index (κ2) is 6.25. The Hall–Kier alpha value is -2.00. The van der Waals surface area contributed by atoms with Gasteiger partial charge in [-0.25, -0.2) is 21.6 Å². The van der Waals surface area contributed by atoms with E-state index in [2.05, 4.69) is 10.3 Å². The van der Waals surface area contributed by atoms with Crippen molar-refractivity contribution in [1.82, 2.24) is 4.98 Å². The summed E-state index contributed by atoms with van der Waals surface area (Å²) in [5, 5.41) is 2.26. The Morgan fingerprint density at radius 2 is 1.96 bits per heavy atom. The summed E-state index contributed by atoms with van der Waals surface area (Å²) in [5.41, 5.74) is -0.897. The zero-order chi connectivity index (χ0) is 17.4. The minimum atomic E-state index is -4.03. The summed E-state index contributed by atoms with van der Waals surface area (Å²) in [6.45, 7) is 1.40. The average Bonchev–Trinajstić information content (AvgIpc) is 2.83. The molecule has 124 valence electrons. The quantitative estimate of drug-likeness (QED) is 0.812. The van der Waals surface area contributed by atoms with Crippen molar-refractivity contribution < 1.29 is 26.4 Å². The van der Waals surface area contributed by atoms with Gasteiger partial charge in [-0.3, -0.25) is 4.79 Å². The van der Waals surface area contributed by atoms with Gasteiger partial charge in [0.15, 0.2) is 0 Å². The van der Waals surface area contributed by atoms with Crippen LogP contribution in [0.1, 0.15) is 28.2 Å². The molecule has 5 nitrogen and oxygen atoms in total. The molecule has 1 heterocycles. The lowest BCUT2D eigenvalue weighted by molar-refractivity contribution is 0.102. The SMILES string of the molecule is Cc1[nH]c(C(=O)Nc2ccc(F)c(C(F)F)c2)cc1S(=O)(=O)Cl. The van der Waals surface area contributed by atoms with Crippen LogP contribution in [0.4, 0.5) is 18.9 Å². The lowest BCUT2D eigenvalue weighted by atomic mass is 10.2. The van der Waals surface area contributed by atoms with Crippen molar-refractivity contribution in [2.24, 2.45) is 0 Å². The molecule has 23 heavy (non-hydrogen) atoms. The van der Waals surface area contributed by atoms with E-state index < -0.39 is 32.8 Å². The lowest BCUT2D eigenvalue weighted by Crippen LogP contribution is -2.12. The fraction of sp³-hybridized carbons (Fsp3) is 0.154. The Labute approximate surface area is 133 Å². The molecule has 2 aromatic rings. The molecule has 0 atom stereocenters. The van der Waals surface area contributed by atoms with E-state index in [-0.39, 0.29) is 22.0 Å². The minimum Gasteiger partial charge on any atom is -0.353 e. The number of nitrogens with one attached hydrogen (secondary N) is 2. The van der Waals surface area contributed by atoms with Crippen LogP contribution < -0.4 is 5.32 Å². The van der Waals surface area contributed by atoms with E-state index in [0.29, 0.717) is 0 Å². The molecule has 1 aromatic carbocycles. The first-order valence-corrected chi connectivity index (χ1v) is 8.43. The fourth-order valence-electron chi connectivity index (χ4n) is 1.90. The molecule has 0 saturated heterocycles. The van der Waals surface area contributed by atoms with Gasteiger partial charge in [-0.05, 0) is 31.2 Å². The van der Waals surface area contributed by atoms with Crippen molar-refractivity contribution in [2.75, 3.05) is 5.32 Å². The van der Waals surface area contributed by atoms with Crippen LogP contribution in [0.15, 0.2) is 29.2 Å². The van der Waals surface area contributed by atoms with E-state index >= 15 is 0 Å². The Kier molecular flexibility index (Phi) is 4.71. The maximum Gasteiger partial charge on any atom is 0.272 e. The number of hydrogen-bond acceptors (Lipinski definition) is 3. The van der Waals surface area contributed by atoms with Crippen LogP contribution in [0.2, 0.25) is 0 Å². The topological polar surface area (TPSA) is 79.0 Å². The highest BCUT2D eigenvalue weighted by atomic mass is 35.7. The number of amides is 1. The number of aromatic nitrogens is 1. The molecule has 0 bridgehead atoms. The molecule has 10 heteroatoms. The Bertz CT molecular complexity index is 865. The predicted octanol–water partition coefficient (Wildman–Crippen LogP) is 3.58. The zero-order valence-electron chi connectivity index (χ0n) is 11.5. The van der Waals surface area contributed by atoms with Gasteiger partial charge in [0.2, 0.25) is 0 Å². The highest BCUT2D eigenvalue weighted by Crippen LogP contribution is 2.26. The van der Waals surface area contributed by atoms with Crippen molar-refractivity contribution in [1.29, 1.82) is 0 Å². The van der Waals surface area contributed by atoms with E-state index in [0.717, 1.165) is 24.3 Å². The van der Waals surface area contributed by atoms with Crippen molar-refractivity contribution >= 4 is 31.3 Å². The van der Waals surface area contributed by atoms with Gasteiger partial charge in [0.05, 0.1) is 5.56 Å². The molecular weight excluding hydrogens is 357 g/mol. The van der Waals surface area contributed by atoms with Crippen LogP contribution in [0, 0.1) is 12.7 Å². The van der Waals surface area contributed by atoms with Gasteiger partial charge >= 0.3 is 0 Å². The highest BCUT2D eigenvalue weighted by molar-refractivity contribution is 8.13. The molecule has 0 fully saturated rings. The third-order valence-corrected chi connectivity index (χ3v) is 4.41. The van der Waals surface area contributed by atoms with Crippen molar-refractivity contribution in [3.8, 4) is 0 Å². The van der Waals surface area contributed by atoms with Gasteiger partial charge in [-0.1, -0.05) is 0 Å². The maximum atomic E-state index is 13.2. The van der Waals surface area contributed by atoms with Crippen molar-refractivity contribution in [3.05, 3.63) is 47.0 Å². The van der Waals surface area contributed by atoms with Crippen LogP contribution in [-0.4, -0.2) is 19.3 Å². The molecule has 2 rings (SSSR count). The number of H-pyrrole nitrogens is 1. The number of carbonyl (C=O) groups excluding carboxylic acids is 1. The first kappa shape index (κ1) is 17.4. The fourth-order valence-corrected chi connectivity index (χ4v) is 3.06. The van der Waals surface area contributed by atoms with Crippen LogP contribution in [0.5, 0.6) is 0 Å². The van der Waals surface area contributed by atoms with E-state index in [9.17, 15) is 26.4 Å². The molecule has 1 aromatic heterocycles. The number of halogens is 4. The number of carbonyl (C=O) groups is 1. The Balaban J connectivity index is 2.28. The summed E-state index contributed by atoms with van der Waals surface area (Å²) < 4.78 is 61.0. The molecule has 0 spiro atoms. The van der Waals surface area contributed by atoms with Crippen LogP contribution in [0.25, 0.3) is 0 Å². The van der Waals surface area contributed by atoms with Gasteiger partial charge in [-0.2, -0.15) is 0 Å². The second-order valence-corrected chi connectivity index (χ2v) is 7.14. The van der Waals surface area contributed by atoms with E-state index in [1.165, 1.54) is 6.92 Å². The Morgan fingerprint density at radius 1 is 1.30 bits per heavy atom. The standard InChI is InChI=1S/C13H10ClF3N2O3S/c1-6-11(23(14,21)22)5-10(18-6)13(20)19-7-2-3-9(15)8(4-7)12(16)17/h2-5,12,18H,1H3,(H,19,20). The number of alkyl halides is 2. The van der Waals surface area contributed by atoms with Crippen LogP contribution in [0.3, 0.4) is 0 Å². The third-order valence-electron chi connectivity index (χ3n) is 2.96. The normalized spacial score (nSPS) is 11.7. The molecule has 0 aliphatic rings. The van der Waals surface area contributed by atoms with E-state index in [1.54, 1.807) is 0 Å². The summed E-state index contributed by atoms with van der Waals surface area (Å²) in [5.74, 6) is -1.88.